The predicted octanol–water partition coefficient (Wildman–Crippen LogP) is 2.73. The third-order valence-electron chi connectivity index (χ3n) is 3.01. The van der Waals surface area contributed by atoms with Crippen molar-refractivity contribution in [2.45, 2.75) is 39.3 Å². The van der Waals surface area contributed by atoms with Crippen LogP contribution in [-0.2, 0) is 19.4 Å². The molecule has 0 aliphatic rings. The van der Waals surface area contributed by atoms with Crippen LogP contribution in [0.1, 0.15) is 25.2 Å². The Bertz CT molecular complexity index is 554. The fourth-order valence-electron chi connectivity index (χ4n) is 2.16. The Hall–Kier alpha value is -1.39. The van der Waals surface area contributed by atoms with Crippen LogP contribution >= 0.6 is 11.6 Å². The minimum atomic E-state index is -0.483. The highest BCUT2D eigenvalue weighted by Gasteiger charge is 2.13. The molecular weight excluding hydrogens is 274 g/mol. The van der Waals surface area contributed by atoms with E-state index in [4.69, 9.17) is 11.6 Å². The van der Waals surface area contributed by atoms with E-state index in [2.05, 4.69) is 23.9 Å². The lowest BCUT2D eigenvalue weighted by molar-refractivity contribution is 0.170. The zero-order valence-electron chi connectivity index (χ0n) is 11.8. The number of aliphatic hydroxyl groups is 1. The highest BCUT2D eigenvalue weighted by Crippen LogP contribution is 2.14. The fraction of sp³-hybridized carbons (Fsp3) is 0.467. The number of nitrogens with zero attached hydrogens (tertiary/aromatic N) is 3. The van der Waals surface area contributed by atoms with Crippen LogP contribution < -0.4 is 0 Å². The van der Waals surface area contributed by atoms with Gasteiger partial charge in [0.15, 0.2) is 0 Å². The van der Waals surface area contributed by atoms with Crippen LogP contribution in [-0.4, -0.2) is 26.0 Å². The molecule has 4 nitrogen and oxygen atoms in total. The molecular formula is C15H20ClN3O. The van der Waals surface area contributed by atoms with Crippen LogP contribution in [0.25, 0.3) is 0 Å². The third kappa shape index (κ3) is 4.32. The first-order chi connectivity index (χ1) is 9.54. The Morgan fingerprint density at radius 3 is 2.80 bits per heavy atom. The normalized spacial score (nSPS) is 12.8. The topological polar surface area (TPSA) is 50.9 Å². The van der Waals surface area contributed by atoms with Gasteiger partial charge in [-0.3, -0.25) is 0 Å². The molecule has 1 N–H and O–H groups in total. The van der Waals surface area contributed by atoms with Crippen LogP contribution in [0.5, 0.6) is 0 Å². The second-order valence-corrected chi connectivity index (χ2v) is 5.88. The van der Waals surface area contributed by atoms with Gasteiger partial charge in [-0.25, -0.2) is 9.67 Å². The van der Waals surface area contributed by atoms with Crippen LogP contribution in [0.2, 0.25) is 5.02 Å². The van der Waals surface area contributed by atoms with Crippen molar-refractivity contribution in [2.75, 3.05) is 0 Å². The molecule has 5 heteroatoms. The molecule has 1 unspecified atom stereocenters. The summed E-state index contributed by atoms with van der Waals surface area (Å²) in [6.45, 7) is 5.08. The minimum absolute atomic E-state index is 0.483. The Labute approximate surface area is 124 Å². The predicted molar refractivity (Wildman–Crippen MR) is 79.7 cm³/mol. The molecule has 2 rings (SSSR count). The molecule has 20 heavy (non-hydrogen) atoms. The molecule has 0 spiro atoms. The fourth-order valence-corrected chi connectivity index (χ4v) is 2.38. The van der Waals surface area contributed by atoms with Gasteiger partial charge >= 0.3 is 0 Å². The van der Waals surface area contributed by atoms with Gasteiger partial charge in [-0.15, -0.1) is 0 Å². The molecule has 0 radical (unpaired) electrons. The summed E-state index contributed by atoms with van der Waals surface area (Å²) in [6, 6.07) is 7.57. The molecule has 0 fully saturated rings. The van der Waals surface area contributed by atoms with Gasteiger partial charge in [0.25, 0.3) is 0 Å². The molecule has 0 saturated heterocycles. The Balaban J connectivity index is 1.98. The Kier molecular flexibility index (Phi) is 5.15. The minimum Gasteiger partial charge on any atom is -0.392 e. The van der Waals surface area contributed by atoms with Gasteiger partial charge in [0, 0.05) is 18.0 Å². The molecule has 0 amide bonds. The van der Waals surface area contributed by atoms with Crippen molar-refractivity contribution in [1.82, 2.24) is 14.8 Å². The lowest BCUT2D eigenvalue weighted by Crippen LogP contribution is -2.19. The first kappa shape index (κ1) is 15.0. The molecule has 0 saturated carbocycles. The van der Waals surface area contributed by atoms with Gasteiger partial charge in [0.1, 0.15) is 12.2 Å². The molecule has 1 heterocycles. The van der Waals surface area contributed by atoms with Gasteiger partial charge in [0.2, 0.25) is 0 Å². The van der Waals surface area contributed by atoms with Gasteiger partial charge in [-0.05, 0) is 30.0 Å². The van der Waals surface area contributed by atoms with E-state index in [1.807, 2.05) is 28.9 Å². The highest BCUT2D eigenvalue weighted by atomic mass is 35.5. The van der Waals surface area contributed by atoms with Crippen molar-refractivity contribution < 1.29 is 5.11 Å². The molecule has 0 aliphatic carbocycles. The Morgan fingerprint density at radius 2 is 2.10 bits per heavy atom. The van der Waals surface area contributed by atoms with Crippen LogP contribution in [0, 0.1) is 5.92 Å². The number of halogens is 1. The van der Waals surface area contributed by atoms with Crippen LogP contribution in [0.15, 0.2) is 30.6 Å². The first-order valence-electron chi connectivity index (χ1n) is 6.83. The number of aromatic nitrogens is 3. The van der Waals surface area contributed by atoms with E-state index in [0.717, 1.165) is 17.9 Å². The summed E-state index contributed by atoms with van der Waals surface area (Å²) in [6.07, 6.45) is 2.13. The van der Waals surface area contributed by atoms with E-state index in [1.165, 1.54) is 0 Å². The molecule has 0 bridgehead atoms. The second-order valence-electron chi connectivity index (χ2n) is 5.44. The lowest BCUT2D eigenvalue weighted by Gasteiger charge is -2.12. The summed E-state index contributed by atoms with van der Waals surface area (Å²) in [7, 11) is 0. The number of hydrogen-bond donors (Lipinski definition) is 1. The van der Waals surface area contributed by atoms with Gasteiger partial charge < -0.3 is 5.11 Å². The SMILES string of the molecule is CC(C)Cn1ncnc1CC(O)Cc1cccc(Cl)c1. The zero-order chi connectivity index (χ0) is 14.5. The smallest absolute Gasteiger partial charge is 0.138 e. The number of aliphatic hydroxyl groups excluding tert-OH is 1. The van der Waals surface area contributed by atoms with Crippen molar-refractivity contribution in [2.24, 2.45) is 5.92 Å². The maximum atomic E-state index is 10.2. The number of benzene rings is 1. The summed E-state index contributed by atoms with van der Waals surface area (Å²) in [5.74, 6) is 1.33. The van der Waals surface area contributed by atoms with E-state index >= 15 is 0 Å². The quantitative estimate of drug-likeness (QED) is 0.891. The van der Waals surface area contributed by atoms with Crippen molar-refractivity contribution in [3.8, 4) is 0 Å². The van der Waals surface area contributed by atoms with E-state index in [0.29, 0.717) is 23.8 Å². The van der Waals surface area contributed by atoms with Crippen molar-refractivity contribution in [3.05, 3.63) is 47.0 Å². The monoisotopic (exact) mass is 293 g/mol. The summed E-state index contributed by atoms with van der Waals surface area (Å²) in [5, 5.41) is 15.1. The summed E-state index contributed by atoms with van der Waals surface area (Å²) in [4.78, 5) is 4.23. The number of hydrogen-bond acceptors (Lipinski definition) is 3. The maximum absolute atomic E-state index is 10.2. The zero-order valence-corrected chi connectivity index (χ0v) is 12.6. The van der Waals surface area contributed by atoms with E-state index in [9.17, 15) is 5.11 Å². The molecule has 1 aromatic carbocycles. The highest BCUT2D eigenvalue weighted by molar-refractivity contribution is 6.30. The second kappa shape index (κ2) is 6.86. The molecule has 0 aliphatic heterocycles. The van der Waals surface area contributed by atoms with Crippen LogP contribution in [0.4, 0.5) is 0 Å². The average Bonchev–Trinajstić information content (AvgIpc) is 2.75. The Morgan fingerprint density at radius 1 is 1.30 bits per heavy atom. The van der Waals surface area contributed by atoms with Crippen molar-refractivity contribution >= 4 is 11.6 Å². The molecule has 1 atom stereocenters. The summed E-state index contributed by atoms with van der Waals surface area (Å²) < 4.78 is 1.87. The average molecular weight is 294 g/mol. The first-order valence-corrected chi connectivity index (χ1v) is 7.21. The van der Waals surface area contributed by atoms with E-state index in [-0.39, 0.29) is 0 Å². The molecule has 2 aromatic rings. The standard InChI is InChI=1S/C15H20ClN3O/c1-11(2)9-19-15(17-10-18-19)8-14(20)7-12-4-3-5-13(16)6-12/h3-6,10-11,14,20H,7-9H2,1-2H3. The van der Waals surface area contributed by atoms with Gasteiger partial charge in [-0.1, -0.05) is 37.6 Å². The van der Waals surface area contributed by atoms with Gasteiger partial charge in [0.05, 0.1) is 6.10 Å². The van der Waals surface area contributed by atoms with Crippen LogP contribution in [0.3, 0.4) is 0 Å². The van der Waals surface area contributed by atoms with E-state index in [1.54, 1.807) is 6.33 Å². The van der Waals surface area contributed by atoms with Gasteiger partial charge in [-0.2, -0.15) is 5.10 Å². The van der Waals surface area contributed by atoms with Crippen molar-refractivity contribution in [1.29, 1.82) is 0 Å². The number of rotatable bonds is 6. The summed E-state index contributed by atoms with van der Waals surface area (Å²) in [5.41, 5.74) is 1.03. The molecule has 108 valence electrons. The lowest BCUT2D eigenvalue weighted by atomic mass is 10.1. The van der Waals surface area contributed by atoms with E-state index < -0.39 is 6.10 Å². The molecule has 1 aromatic heterocycles. The van der Waals surface area contributed by atoms with Crippen molar-refractivity contribution in [3.63, 3.8) is 0 Å². The maximum Gasteiger partial charge on any atom is 0.138 e. The third-order valence-corrected chi connectivity index (χ3v) is 3.25. The summed E-state index contributed by atoms with van der Waals surface area (Å²) >= 11 is 5.95. The largest absolute Gasteiger partial charge is 0.392 e.